The number of hydrogen-bond donors (Lipinski definition) is 1. The zero-order chi connectivity index (χ0) is 8.89. The first-order valence-corrected chi connectivity index (χ1v) is 5.60. The number of aliphatic hydroxyl groups is 1. The van der Waals surface area contributed by atoms with E-state index in [1.165, 1.54) is 6.42 Å². The number of ether oxygens (including phenoxy) is 1. The second-order valence-corrected chi connectivity index (χ2v) is 4.85. The predicted molar refractivity (Wildman–Crippen MR) is 50.7 cm³/mol. The summed E-state index contributed by atoms with van der Waals surface area (Å²) in [4.78, 5) is 1.05. The van der Waals surface area contributed by atoms with Gasteiger partial charge in [0.15, 0.2) is 0 Å². The summed E-state index contributed by atoms with van der Waals surface area (Å²) in [5.41, 5.74) is -0.190. The van der Waals surface area contributed by atoms with E-state index in [0.29, 0.717) is 6.10 Å². The summed E-state index contributed by atoms with van der Waals surface area (Å²) in [6, 6.07) is 3.97. The van der Waals surface area contributed by atoms with E-state index in [0.717, 1.165) is 17.7 Å². The van der Waals surface area contributed by atoms with Crippen LogP contribution in [-0.2, 0) is 4.74 Å². The van der Waals surface area contributed by atoms with Gasteiger partial charge in [0.1, 0.15) is 11.7 Å². The van der Waals surface area contributed by atoms with Crippen molar-refractivity contribution in [3.63, 3.8) is 0 Å². The largest absolute Gasteiger partial charge is 0.384 e. The van der Waals surface area contributed by atoms with E-state index < -0.39 is 0 Å². The molecular weight excluding hydrogens is 184 g/mol. The van der Waals surface area contributed by atoms with E-state index >= 15 is 0 Å². The number of aliphatic hydroxyl groups excluding tert-OH is 1. The molecular formula is C10H12O2S. The van der Waals surface area contributed by atoms with Crippen molar-refractivity contribution in [2.24, 2.45) is 0 Å². The van der Waals surface area contributed by atoms with Crippen molar-refractivity contribution in [2.45, 2.75) is 37.1 Å². The van der Waals surface area contributed by atoms with Crippen LogP contribution in [-0.4, -0.2) is 16.8 Å². The minimum absolute atomic E-state index is 0.190. The summed E-state index contributed by atoms with van der Waals surface area (Å²) in [5, 5.41) is 12.1. The Labute approximate surface area is 81.2 Å². The van der Waals surface area contributed by atoms with Gasteiger partial charge in [0.05, 0.1) is 6.10 Å². The van der Waals surface area contributed by atoms with Gasteiger partial charge in [-0.25, -0.2) is 0 Å². The van der Waals surface area contributed by atoms with E-state index in [4.69, 9.17) is 4.74 Å². The van der Waals surface area contributed by atoms with Gasteiger partial charge in [-0.3, -0.25) is 0 Å². The summed E-state index contributed by atoms with van der Waals surface area (Å²) >= 11 is 1.61. The van der Waals surface area contributed by atoms with Crippen LogP contribution in [0.3, 0.4) is 0 Å². The molecule has 2 aliphatic rings. The molecule has 1 N–H and O–H groups in total. The quantitative estimate of drug-likeness (QED) is 0.735. The number of rotatable bonds is 2. The Morgan fingerprint density at radius 1 is 1.69 bits per heavy atom. The fourth-order valence-corrected chi connectivity index (χ4v) is 3.18. The van der Waals surface area contributed by atoms with Gasteiger partial charge >= 0.3 is 0 Å². The SMILES string of the molecule is O[C@@H](c1cccs1)[C@@]12CCC[C@@H]1O2. The average Bonchev–Trinajstić information content (AvgIpc) is 2.63. The number of hydrogen-bond acceptors (Lipinski definition) is 3. The molecule has 1 aliphatic carbocycles. The molecule has 0 aromatic carbocycles. The lowest BCUT2D eigenvalue weighted by Gasteiger charge is -2.15. The molecule has 2 fully saturated rings. The van der Waals surface area contributed by atoms with Crippen molar-refractivity contribution >= 4 is 11.3 Å². The van der Waals surface area contributed by atoms with Crippen LogP contribution < -0.4 is 0 Å². The van der Waals surface area contributed by atoms with Gasteiger partial charge in [-0.2, -0.15) is 0 Å². The first kappa shape index (κ1) is 7.97. The van der Waals surface area contributed by atoms with Crippen LogP contribution in [0.15, 0.2) is 17.5 Å². The molecule has 0 unspecified atom stereocenters. The normalized spacial score (nSPS) is 38.7. The van der Waals surface area contributed by atoms with Crippen LogP contribution in [0, 0.1) is 0 Å². The van der Waals surface area contributed by atoms with Crippen LogP contribution in [0.2, 0.25) is 0 Å². The maximum Gasteiger partial charge on any atom is 0.125 e. The lowest BCUT2D eigenvalue weighted by atomic mass is 9.99. The summed E-state index contributed by atoms with van der Waals surface area (Å²) in [6.45, 7) is 0. The smallest absolute Gasteiger partial charge is 0.125 e. The van der Waals surface area contributed by atoms with Gasteiger partial charge in [-0.1, -0.05) is 6.07 Å². The highest BCUT2D eigenvalue weighted by atomic mass is 32.1. The highest BCUT2D eigenvalue weighted by Crippen LogP contribution is 2.57. The molecule has 3 rings (SSSR count). The summed E-state index contributed by atoms with van der Waals surface area (Å²) in [5.74, 6) is 0. The molecule has 1 aliphatic heterocycles. The molecule has 1 aromatic heterocycles. The molecule has 70 valence electrons. The molecule has 0 spiro atoms. The average molecular weight is 196 g/mol. The van der Waals surface area contributed by atoms with Crippen LogP contribution in [0.1, 0.15) is 30.2 Å². The molecule has 1 aromatic rings. The Morgan fingerprint density at radius 3 is 3.15 bits per heavy atom. The topological polar surface area (TPSA) is 32.8 Å². The van der Waals surface area contributed by atoms with Gasteiger partial charge in [0.2, 0.25) is 0 Å². The van der Waals surface area contributed by atoms with E-state index in [-0.39, 0.29) is 11.7 Å². The number of thiophene rings is 1. The first-order chi connectivity index (χ1) is 6.33. The Morgan fingerprint density at radius 2 is 2.62 bits per heavy atom. The maximum absolute atomic E-state index is 10.1. The zero-order valence-corrected chi connectivity index (χ0v) is 8.09. The molecule has 1 saturated heterocycles. The first-order valence-electron chi connectivity index (χ1n) is 4.72. The zero-order valence-electron chi connectivity index (χ0n) is 7.27. The Hall–Kier alpha value is -0.380. The molecule has 3 heteroatoms. The minimum atomic E-state index is -0.389. The summed E-state index contributed by atoms with van der Waals surface area (Å²) < 4.78 is 5.58. The van der Waals surface area contributed by atoms with Crippen LogP contribution >= 0.6 is 11.3 Å². The van der Waals surface area contributed by atoms with E-state index in [1.807, 2.05) is 17.5 Å². The van der Waals surface area contributed by atoms with Gasteiger partial charge in [-0.05, 0) is 30.7 Å². The summed E-state index contributed by atoms with van der Waals surface area (Å²) in [7, 11) is 0. The van der Waals surface area contributed by atoms with Gasteiger partial charge in [0.25, 0.3) is 0 Å². The fourth-order valence-electron chi connectivity index (χ4n) is 2.38. The Bertz CT molecular complexity index is 309. The lowest BCUT2D eigenvalue weighted by Crippen LogP contribution is -2.20. The Balaban J connectivity index is 1.86. The molecule has 3 atom stereocenters. The van der Waals surface area contributed by atoms with E-state index in [9.17, 15) is 5.11 Å². The third-order valence-electron chi connectivity index (χ3n) is 3.16. The monoisotopic (exact) mass is 196 g/mol. The van der Waals surface area contributed by atoms with Crippen molar-refractivity contribution < 1.29 is 9.84 Å². The Kier molecular flexibility index (Phi) is 1.57. The van der Waals surface area contributed by atoms with Crippen molar-refractivity contribution in [1.82, 2.24) is 0 Å². The van der Waals surface area contributed by atoms with Crippen molar-refractivity contribution in [1.29, 1.82) is 0 Å². The van der Waals surface area contributed by atoms with E-state index in [2.05, 4.69) is 0 Å². The third kappa shape index (κ3) is 1.01. The standard InChI is InChI=1S/C10H12O2S/c11-9(7-3-2-6-13-7)10-5-1-4-8(10)12-10/h2-3,6,8-9,11H,1,4-5H2/t8-,9-,10+/m0/s1. The fraction of sp³-hybridized carbons (Fsp3) is 0.600. The highest BCUT2D eigenvalue weighted by molar-refractivity contribution is 7.10. The molecule has 13 heavy (non-hydrogen) atoms. The van der Waals surface area contributed by atoms with E-state index in [1.54, 1.807) is 11.3 Å². The second kappa shape index (κ2) is 2.56. The van der Waals surface area contributed by atoms with Crippen LogP contribution in [0.4, 0.5) is 0 Å². The second-order valence-electron chi connectivity index (χ2n) is 3.87. The summed E-state index contributed by atoms with van der Waals surface area (Å²) in [6.07, 6.45) is 3.30. The molecule has 0 bridgehead atoms. The molecule has 1 saturated carbocycles. The number of fused-ring (bicyclic) bond motifs is 1. The molecule has 0 radical (unpaired) electrons. The molecule has 2 nitrogen and oxygen atoms in total. The third-order valence-corrected chi connectivity index (χ3v) is 4.08. The predicted octanol–water partition coefficient (Wildman–Crippen LogP) is 2.10. The number of epoxide rings is 1. The highest BCUT2D eigenvalue weighted by Gasteiger charge is 2.64. The van der Waals surface area contributed by atoms with Gasteiger partial charge < -0.3 is 9.84 Å². The lowest BCUT2D eigenvalue weighted by molar-refractivity contribution is 0.0701. The van der Waals surface area contributed by atoms with Crippen molar-refractivity contribution in [3.8, 4) is 0 Å². The minimum Gasteiger partial charge on any atom is -0.384 e. The van der Waals surface area contributed by atoms with Crippen LogP contribution in [0.5, 0.6) is 0 Å². The maximum atomic E-state index is 10.1. The van der Waals surface area contributed by atoms with Crippen molar-refractivity contribution in [2.75, 3.05) is 0 Å². The molecule has 0 amide bonds. The molecule has 2 heterocycles. The van der Waals surface area contributed by atoms with Crippen LogP contribution in [0.25, 0.3) is 0 Å². The van der Waals surface area contributed by atoms with Crippen molar-refractivity contribution in [3.05, 3.63) is 22.4 Å². The van der Waals surface area contributed by atoms with Gasteiger partial charge in [-0.15, -0.1) is 11.3 Å². The van der Waals surface area contributed by atoms with Gasteiger partial charge in [0, 0.05) is 4.88 Å².